The van der Waals surface area contributed by atoms with Crippen LogP contribution in [0.1, 0.15) is 16.5 Å². The lowest BCUT2D eigenvalue weighted by Crippen LogP contribution is -2.18. The highest BCUT2D eigenvalue weighted by molar-refractivity contribution is 7.09. The van der Waals surface area contributed by atoms with Gasteiger partial charge in [0.1, 0.15) is 5.75 Å². The van der Waals surface area contributed by atoms with Crippen molar-refractivity contribution in [2.45, 2.75) is 12.5 Å². The Balaban J connectivity index is 2.11. The Morgan fingerprint density at radius 3 is 2.65 bits per heavy atom. The summed E-state index contributed by atoms with van der Waals surface area (Å²) in [7, 11) is 3.66. The molecule has 90 valence electrons. The van der Waals surface area contributed by atoms with Crippen LogP contribution in [0.25, 0.3) is 0 Å². The maximum absolute atomic E-state index is 5.16. The third kappa shape index (κ3) is 3.05. The second kappa shape index (κ2) is 5.80. The van der Waals surface area contributed by atoms with Gasteiger partial charge in [0.05, 0.1) is 12.6 Å². The molecule has 0 bridgehead atoms. The zero-order valence-corrected chi connectivity index (χ0v) is 10.8. The second-order valence-electron chi connectivity index (χ2n) is 3.79. The van der Waals surface area contributed by atoms with Crippen molar-refractivity contribution in [3.8, 4) is 5.75 Å². The maximum atomic E-state index is 5.16. The zero-order valence-electron chi connectivity index (χ0n) is 10.0. The minimum Gasteiger partial charge on any atom is -0.497 e. The summed E-state index contributed by atoms with van der Waals surface area (Å²) in [6.45, 7) is 0. The summed E-state index contributed by atoms with van der Waals surface area (Å²) in [5, 5.41) is 3.33. The molecule has 0 saturated heterocycles. The van der Waals surface area contributed by atoms with E-state index in [1.807, 2.05) is 30.9 Å². The smallest absolute Gasteiger partial charge is 0.118 e. The Hall–Kier alpha value is -1.39. The van der Waals surface area contributed by atoms with Crippen LogP contribution < -0.4 is 10.1 Å². The van der Waals surface area contributed by atoms with Gasteiger partial charge in [-0.05, 0) is 24.7 Å². The molecule has 0 aliphatic heterocycles. The summed E-state index contributed by atoms with van der Waals surface area (Å²) < 4.78 is 5.16. The number of aromatic nitrogens is 1. The normalized spacial score (nSPS) is 12.4. The molecule has 0 radical (unpaired) electrons. The number of methoxy groups -OCH3 is 1. The first kappa shape index (κ1) is 12.1. The van der Waals surface area contributed by atoms with Gasteiger partial charge in [-0.25, -0.2) is 0 Å². The van der Waals surface area contributed by atoms with E-state index in [0.29, 0.717) is 6.04 Å². The van der Waals surface area contributed by atoms with Crippen LogP contribution in [0, 0.1) is 0 Å². The van der Waals surface area contributed by atoms with Crippen LogP contribution in [0.5, 0.6) is 5.75 Å². The number of nitrogens with zero attached hydrogens (tertiary/aromatic N) is 1. The fourth-order valence-corrected chi connectivity index (χ4v) is 2.41. The van der Waals surface area contributed by atoms with Crippen LogP contribution in [0.2, 0.25) is 0 Å². The van der Waals surface area contributed by atoms with E-state index in [0.717, 1.165) is 12.2 Å². The fourth-order valence-electron chi connectivity index (χ4n) is 1.77. The van der Waals surface area contributed by atoms with E-state index in [9.17, 15) is 0 Å². The summed E-state index contributed by atoms with van der Waals surface area (Å²) in [6.07, 6.45) is 2.89. The van der Waals surface area contributed by atoms with Crippen LogP contribution in [0.4, 0.5) is 0 Å². The van der Waals surface area contributed by atoms with Gasteiger partial charge in [0.15, 0.2) is 0 Å². The van der Waals surface area contributed by atoms with Gasteiger partial charge in [0.2, 0.25) is 0 Å². The second-order valence-corrected chi connectivity index (χ2v) is 4.76. The van der Waals surface area contributed by atoms with Crippen molar-refractivity contribution in [1.82, 2.24) is 10.3 Å². The van der Waals surface area contributed by atoms with Crippen molar-refractivity contribution in [3.63, 3.8) is 0 Å². The van der Waals surface area contributed by atoms with E-state index in [4.69, 9.17) is 4.74 Å². The summed E-state index contributed by atoms with van der Waals surface area (Å²) in [5.41, 5.74) is 3.14. The van der Waals surface area contributed by atoms with Crippen molar-refractivity contribution in [3.05, 3.63) is 46.4 Å². The third-order valence-corrected chi connectivity index (χ3v) is 3.56. The molecule has 0 aliphatic carbocycles. The SMILES string of the molecule is CNC(Cc1cncs1)c1ccc(OC)cc1. The molecule has 4 heteroatoms. The molecule has 1 unspecified atom stereocenters. The van der Waals surface area contributed by atoms with Crippen LogP contribution in [0.3, 0.4) is 0 Å². The summed E-state index contributed by atoms with van der Waals surface area (Å²) in [6, 6.07) is 8.50. The van der Waals surface area contributed by atoms with Gasteiger partial charge in [-0.3, -0.25) is 4.98 Å². The highest BCUT2D eigenvalue weighted by Crippen LogP contribution is 2.22. The molecule has 2 rings (SSSR count). The van der Waals surface area contributed by atoms with E-state index in [-0.39, 0.29) is 0 Å². The van der Waals surface area contributed by atoms with Crippen LogP contribution in [0.15, 0.2) is 36.0 Å². The number of ether oxygens (including phenoxy) is 1. The van der Waals surface area contributed by atoms with Gasteiger partial charge in [-0.15, -0.1) is 11.3 Å². The van der Waals surface area contributed by atoms with Gasteiger partial charge in [-0.1, -0.05) is 12.1 Å². The standard InChI is InChI=1S/C13H16N2OS/c1-14-13(7-12-8-15-9-17-12)10-3-5-11(16-2)6-4-10/h3-6,8-9,13-14H,7H2,1-2H3. The fraction of sp³-hybridized carbons (Fsp3) is 0.308. The predicted molar refractivity (Wildman–Crippen MR) is 70.6 cm³/mol. The van der Waals surface area contributed by atoms with E-state index in [1.165, 1.54) is 10.4 Å². The van der Waals surface area contributed by atoms with Gasteiger partial charge in [0.25, 0.3) is 0 Å². The molecule has 3 nitrogen and oxygen atoms in total. The molecule has 0 spiro atoms. The summed E-state index contributed by atoms with van der Waals surface area (Å²) in [4.78, 5) is 5.39. The maximum Gasteiger partial charge on any atom is 0.118 e. The molecule has 0 saturated carbocycles. The molecule has 0 aliphatic rings. The molecule has 1 aromatic carbocycles. The topological polar surface area (TPSA) is 34.2 Å². The monoisotopic (exact) mass is 248 g/mol. The molecule has 0 amide bonds. The average Bonchev–Trinajstić information content (AvgIpc) is 2.89. The molecule has 1 heterocycles. The van der Waals surface area contributed by atoms with Crippen LogP contribution in [-0.4, -0.2) is 19.1 Å². The van der Waals surface area contributed by atoms with Gasteiger partial charge in [-0.2, -0.15) is 0 Å². The highest BCUT2D eigenvalue weighted by atomic mass is 32.1. The Kier molecular flexibility index (Phi) is 4.12. The number of rotatable bonds is 5. The van der Waals surface area contributed by atoms with E-state index in [1.54, 1.807) is 18.4 Å². The van der Waals surface area contributed by atoms with E-state index < -0.39 is 0 Å². The van der Waals surface area contributed by atoms with Crippen molar-refractivity contribution in [1.29, 1.82) is 0 Å². The van der Waals surface area contributed by atoms with Gasteiger partial charge < -0.3 is 10.1 Å². The number of hydrogen-bond acceptors (Lipinski definition) is 4. The Morgan fingerprint density at radius 1 is 1.35 bits per heavy atom. The first-order valence-electron chi connectivity index (χ1n) is 5.52. The lowest BCUT2D eigenvalue weighted by Gasteiger charge is -2.15. The number of thiazole rings is 1. The number of nitrogens with one attached hydrogen (secondary N) is 1. The molecular formula is C13H16N2OS. The number of hydrogen-bond donors (Lipinski definition) is 1. The summed E-state index contributed by atoms with van der Waals surface area (Å²) >= 11 is 1.69. The van der Waals surface area contributed by atoms with Crippen molar-refractivity contribution >= 4 is 11.3 Å². The van der Waals surface area contributed by atoms with Crippen molar-refractivity contribution < 1.29 is 4.74 Å². The molecule has 17 heavy (non-hydrogen) atoms. The Morgan fingerprint density at radius 2 is 2.12 bits per heavy atom. The average molecular weight is 248 g/mol. The quantitative estimate of drug-likeness (QED) is 0.883. The van der Waals surface area contributed by atoms with Gasteiger partial charge in [0, 0.05) is 23.5 Å². The zero-order chi connectivity index (χ0) is 12.1. The Labute approximate surface area is 105 Å². The predicted octanol–water partition coefficient (Wildman–Crippen LogP) is 2.65. The van der Waals surface area contributed by atoms with E-state index >= 15 is 0 Å². The number of likely N-dealkylation sites (N-methyl/N-ethyl adjacent to an activating group) is 1. The van der Waals surface area contributed by atoms with Crippen LogP contribution >= 0.6 is 11.3 Å². The number of benzene rings is 1. The first-order valence-corrected chi connectivity index (χ1v) is 6.40. The van der Waals surface area contributed by atoms with E-state index in [2.05, 4.69) is 22.4 Å². The Bertz CT molecular complexity index is 439. The third-order valence-electron chi connectivity index (χ3n) is 2.76. The molecular weight excluding hydrogens is 232 g/mol. The van der Waals surface area contributed by atoms with Crippen molar-refractivity contribution in [2.75, 3.05) is 14.2 Å². The minimum atomic E-state index is 0.321. The molecule has 2 aromatic rings. The largest absolute Gasteiger partial charge is 0.497 e. The highest BCUT2D eigenvalue weighted by Gasteiger charge is 2.10. The molecule has 1 aromatic heterocycles. The lowest BCUT2D eigenvalue weighted by atomic mass is 10.0. The van der Waals surface area contributed by atoms with Gasteiger partial charge >= 0.3 is 0 Å². The molecule has 1 N–H and O–H groups in total. The molecule has 0 fully saturated rings. The minimum absolute atomic E-state index is 0.321. The lowest BCUT2D eigenvalue weighted by molar-refractivity contribution is 0.414. The first-order chi connectivity index (χ1) is 8.33. The molecule has 1 atom stereocenters. The summed E-state index contributed by atoms with van der Waals surface area (Å²) in [5.74, 6) is 0.890. The van der Waals surface area contributed by atoms with Crippen LogP contribution in [-0.2, 0) is 6.42 Å². The van der Waals surface area contributed by atoms with Crippen molar-refractivity contribution in [2.24, 2.45) is 0 Å².